The van der Waals surface area contributed by atoms with E-state index in [0.717, 1.165) is 27.8 Å². The third-order valence-corrected chi connectivity index (χ3v) is 4.40. The minimum Gasteiger partial charge on any atom is -0.325 e. The molecule has 2 aromatic rings. The van der Waals surface area contributed by atoms with Crippen molar-refractivity contribution >= 4 is 40.6 Å². The number of anilines is 1. The Labute approximate surface area is 148 Å². The van der Waals surface area contributed by atoms with Crippen molar-refractivity contribution in [1.82, 2.24) is 9.88 Å². The predicted molar refractivity (Wildman–Crippen MR) is 96.7 cm³/mol. The average molecular weight is 353 g/mol. The second kappa shape index (κ2) is 7.31. The lowest BCUT2D eigenvalue weighted by Gasteiger charge is -2.12. The molecule has 0 bridgehead atoms. The van der Waals surface area contributed by atoms with Crippen LogP contribution in [0.5, 0.6) is 0 Å². The number of carbonyl (C=O) groups is 3. The fourth-order valence-corrected chi connectivity index (χ4v) is 3.07. The molecule has 1 N–H and O–H groups in total. The van der Waals surface area contributed by atoms with Crippen LogP contribution in [0.4, 0.5) is 10.5 Å². The number of nitrogens with one attached hydrogen (secondary N) is 1. The van der Waals surface area contributed by atoms with E-state index >= 15 is 0 Å². The molecule has 3 rings (SSSR count). The molecule has 6 nitrogen and oxygen atoms in total. The van der Waals surface area contributed by atoms with Gasteiger partial charge in [0.05, 0.1) is 4.91 Å². The molecular weight excluding hydrogens is 338 g/mol. The summed E-state index contributed by atoms with van der Waals surface area (Å²) in [6, 6.07) is 10.8. The maximum Gasteiger partial charge on any atom is 0.294 e. The van der Waals surface area contributed by atoms with Crippen LogP contribution < -0.4 is 5.32 Å². The third-order valence-electron chi connectivity index (χ3n) is 3.49. The lowest BCUT2D eigenvalue weighted by molar-refractivity contribution is -0.127. The van der Waals surface area contributed by atoms with Gasteiger partial charge in [-0.2, -0.15) is 0 Å². The van der Waals surface area contributed by atoms with E-state index in [4.69, 9.17) is 0 Å². The number of benzene rings is 1. The van der Waals surface area contributed by atoms with Crippen molar-refractivity contribution in [3.05, 3.63) is 64.8 Å². The zero-order chi connectivity index (χ0) is 17.8. The second-order valence-corrected chi connectivity index (χ2v) is 6.46. The van der Waals surface area contributed by atoms with Gasteiger partial charge in [0.1, 0.15) is 6.54 Å². The summed E-state index contributed by atoms with van der Waals surface area (Å²) in [4.78, 5) is 41.7. The molecule has 25 heavy (non-hydrogen) atoms. The van der Waals surface area contributed by atoms with Gasteiger partial charge >= 0.3 is 0 Å². The van der Waals surface area contributed by atoms with Crippen molar-refractivity contribution in [2.24, 2.45) is 0 Å². The predicted octanol–water partition coefficient (Wildman–Crippen LogP) is 3.07. The minimum absolute atomic E-state index is 0.279. The number of imide groups is 1. The molecule has 1 aliphatic heterocycles. The Bertz CT molecular complexity index is 848. The molecule has 0 unspecified atom stereocenters. The van der Waals surface area contributed by atoms with Crippen LogP contribution in [0.15, 0.2) is 53.7 Å². The fourth-order valence-electron chi connectivity index (χ4n) is 2.23. The van der Waals surface area contributed by atoms with Crippen molar-refractivity contribution in [2.75, 3.05) is 11.9 Å². The van der Waals surface area contributed by atoms with Crippen LogP contribution >= 0.6 is 11.8 Å². The van der Waals surface area contributed by atoms with E-state index in [1.54, 1.807) is 42.7 Å². The summed E-state index contributed by atoms with van der Waals surface area (Å²) in [5.74, 6) is -0.897. The number of hydrogen-bond acceptors (Lipinski definition) is 5. The Morgan fingerprint density at radius 1 is 1.24 bits per heavy atom. The second-order valence-electron chi connectivity index (χ2n) is 5.47. The Morgan fingerprint density at radius 3 is 2.68 bits per heavy atom. The van der Waals surface area contributed by atoms with E-state index in [2.05, 4.69) is 10.3 Å². The van der Waals surface area contributed by atoms with Gasteiger partial charge in [-0.15, -0.1) is 0 Å². The van der Waals surface area contributed by atoms with Crippen LogP contribution in [-0.4, -0.2) is 33.5 Å². The Hall–Kier alpha value is -2.93. The lowest BCUT2D eigenvalue weighted by Crippen LogP contribution is -2.36. The molecule has 126 valence electrons. The molecule has 1 saturated heterocycles. The fraction of sp³-hybridized carbons (Fsp3) is 0.111. The van der Waals surface area contributed by atoms with Gasteiger partial charge in [0.25, 0.3) is 11.1 Å². The summed E-state index contributed by atoms with van der Waals surface area (Å²) in [7, 11) is 0. The molecule has 2 heterocycles. The number of amides is 3. The number of nitrogens with zero attached hydrogens (tertiary/aromatic N) is 2. The molecule has 0 saturated carbocycles. The molecule has 1 aromatic heterocycles. The first kappa shape index (κ1) is 16.9. The van der Waals surface area contributed by atoms with E-state index in [-0.39, 0.29) is 11.4 Å². The normalized spacial score (nSPS) is 15.7. The maximum absolute atomic E-state index is 12.4. The molecule has 1 aliphatic rings. The van der Waals surface area contributed by atoms with Gasteiger partial charge in [-0.1, -0.05) is 23.8 Å². The molecule has 0 aliphatic carbocycles. The quantitative estimate of drug-likeness (QED) is 0.855. The standard InChI is InChI=1S/C18H15N3O3S/c1-12-4-6-14(7-5-12)20-16(22)11-21-17(23)15(25-18(21)24)9-13-3-2-8-19-10-13/h2-10H,11H2,1H3,(H,20,22). The van der Waals surface area contributed by atoms with Gasteiger partial charge in [0, 0.05) is 18.1 Å². The number of rotatable bonds is 4. The van der Waals surface area contributed by atoms with Gasteiger partial charge in [0.15, 0.2) is 0 Å². The Morgan fingerprint density at radius 2 is 2.00 bits per heavy atom. The largest absolute Gasteiger partial charge is 0.325 e. The van der Waals surface area contributed by atoms with E-state index in [9.17, 15) is 14.4 Å². The summed E-state index contributed by atoms with van der Waals surface area (Å²) >= 11 is 0.818. The first-order valence-electron chi connectivity index (χ1n) is 7.55. The zero-order valence-corrected chi connectivity index (χ0v) is 14.2. The molecule has 1 fully saturated rings. The number of thioether (sulfide) groups is 1. The van der Waals surface area contributed by atoms with E-state index < -0.39 is 17.1 Å². The smallest absolute Gasteiger partial charge is 0.294 e. The highest BCUT2D eigenvalue weighted by Crippen LogP contribution is 2.31. The zero-order valence-electron chi connectivity index (χ0n) is 13.4. The first-order chi connectivity index (χ1) is 12.0. The Balaban J connectivity index is 1.67. The van der Waals surface area contributed by atoms with Crippen LogP contribution in [0.25, 0.3) is 6.08 Å². The van der Waals surface area contributed by atoms with Gasteiger partial charge in [-0.25, -0.2) is 0 Å². The van der Waals surface area contributed by atoms with Gasteiger partial charge in [0.2, 0.25) is 5.91 Å². The molecule has 0 spiro atoms. The highest BCUT2D eigenvalue weighted by Gasteiger charge is 2.36. The highest BCUT2D eigenvalue weighted by atomic mass is 32.2. The van der Waals surface area contributed by atoms with Crippen molar-refractivity contribution in [3.8, 4) is 0 Å². The number of hydrogen-bond donors (Lipinski definition) is 1. The molecule has 1 aromatic carbocycles. The Kier molecular flexibility index (Phi) is 4.95. The van der Waals surface area contributed by atoms with E-state index in [1.165, 1.54) is 0 Å². The topological polar surface area (TPSA) is 79.4 Å². The van der Waals surface area contributed by atoms with Crippen molar-refractivity contribution in [2.45, 2.75) is 6.92 Å². The summed E-state index contributed by atoms with van der Waals surface area (Å²) in [5.41, 5.74) is 2.41. The van der Waals surface area contributed by atoms with E-state index in [0.29, 0.717) is 5.69 Å². The number of aromatic nitrogens is 1. The summed E-state index contributed by atoms with van der Waals surface area (Å²) < 4.78 is 0. The highest BCUT2D eigenvalue weighted by molar-refractivity contribution is 8.18. The van der Waals surface area contributed by atoms with Crippen LogP contribution in [0.2, 0.25) is 0 Å². The number of pyridine rings is 1. The molecule has 0 atom stereocenters. The molecule has 0 radical (unpaired) electrons. The molecular formula is C18H15N3O3S. The van der Waals surface area contributed by atoms with Crippen molar-refractivity contribution in [3.63, 3.8) is 0 Å². The van der Waals surface area contributed by atoms with Crippen LogP contribution in [0.3, 0.4) is 0 Å². The lowest BCUT2D eigenvalue weighted by atomic mass is 10.2. The van der Waals surface area contributed by atoms with Crippen LogP contribution in [-0.2, 0) is 9.59 Å². The van der Waals surface area contributed by atoms with Gasteiger partial charge < -0.3 is 5.32 Å². The maximum atomic E-state index is 12.4. The van der Waals surface area contributed by atoms with Crippen molar-refractivity contribution in [1.29, 1.82) is 0 Å². The minimum atomic E-state index is -0.474. The summed E-state index contributed by atoms with van der Waals surface area (Å²) in [6.45, 7) is 1.63. The van der Waals surface area contributed by atoms with Crippen molar-refractivity contribution < 1.29 is 14.4 Å². The molecule has 3 amide bonds. The van der Waals surface area contributed by atoms with Crippen LogP contribution in [0, 0.1) is 6.92 Å². The monoisotopic (exact) mass is 353 g/mol. The summed E-state index contributed by atoms with van der Waals surface area (Å²) in [6.07, 6.45) is 4.81. The van der Waals surface area contributed by atoms with Gasteiger partial charge in [-0.05, 0) is 48.5 Å². The first-order valence-corrected chi connectivity index (χ1v) is 8.36. The SMILES string of the molecule is Cc1ccc(NC(=O)CN2C(=O)SC(=Cc3cccnc3)C2=O)cc1. The van der Waals surface area contributed by atoms with Crippen LogP contribution in [0.1, 0.15) is 11.1 Å². The molecule has 7 heteroatoms. The third kappa shape index (κ3) is 4.13. The summed E-state index contributed by atoms with van der Waals surface area (Å²) in [5, 5.41) is 2.22. The number of aryl methyl sites for hydroxylation is 1. The van der Waals surface area contributed by atoms with E-state index in [1.807, 2.05) is 19.1 Å². The van der Waals surface area contributed by atoms with Gasteiger partial charge in [-0.3, -0.25) is 24.3 Å². The average Bonchev–Trinajstić information content (AvgIpc) is 2.85. The number of carbonyl (C=O) groups excluding carboxylic acids is 3.